The fourth-order valence-electron chi connectivity index (χ4n) is 14.6. The van der Waals surface area contributed by atoms with Crippen LogP contribution >= 0.6 is 0 Å². The first kappa shape index (κ1) is 87.6. The molecule has 9 aromatic rings. The maximum absolute atomic E-state index is 11.7. The molecule has 0 atom stereocenters. The topological polar surface area (TPSA) is 161 Å². The largest absolute Gasteiger partial charge is 0.493 e. The molecular weight excluding hydrogens is 1390 g/mol. The summed E-state index contributed by atoms with van der Waals surface area (Å²) in [6.07, 6.45) is 16.5. The Morgan fingerprint density at radius 2 is 0.858 bits per heavy atom. The highest BCUT2D eigenvalue weighted by Crippen LogP contribution is 2.56. The van der Waals surface area contributed by atoms with Gasteiger partial charge in [0, 0.05) is 72.3 Å². The predicted octanol–water partition coefficient (Wildman–Crippen LogP) is 24.3. The number of aromatic nitrogens is 6. The average Bonchev–Trinajstić information content (AvgIpc) is 1.58. The molecule has 0 spiro atoms. The van der Waals surface area contributed by atoms with Crippen molar-refractivity contribution in [2.45, 2.75) is 301 Å². The van der Waals surface area contributed by atoms with Gasteiger partial charge in [0.1, 0.15) is 29.0 Å². The van der Waals surface area contributed by atoms with Gasteiger partial charge in [-0.2, -0.15) is 0 Å². The number of fused-ring (bicyclic) bond motifs is 1. The Morgan fingerprint density at radius 1 is 0.442 bits per heavy atom. The Morgan fingerprint density at radius 3 is 1.25 bits per heavy atom. The lowest BCUT2D eigenvalue weighted by Crippen LogP contribution is -2.28. The van der Waals surface area contributed by atoms with Crippen molar-refractivity contribution in [2.75, 3.05) is 16.4 Å². The van der Waals surface area contributed by atoms with E-state index in [4.69, 9.17) is 4.74 Å². The van der Waals surface area contributed by atoms with E-state index in [0.717, 1.165) is 66.8 Å². The second kappa shape index (κ2) is 33.6. The quantitative estimate of drug-likeness (QED) is 0.0747. The summed E-state index contributed by atoms with van der Waals surface area (Å²) < 4.78 is 6.17. The van der Waals surface area contributed by atoms with Crippen LogP contribution < -0.4 is 14.5 Å². The summed E-state index contributed by atoms with van der Waals surface area (Å²) in [4.78, 5) is 78.6. The van der Waals surface area contributed by atoms with Gasteiger partial charge in [0.25, 0.3) is 0 Å². The molecule has 2 fully saturated rings. The van der Waals surface area contributed by atoms with E-state index in [9.17, 15) is 19.2 Å². The molecule has 4 heterocycles. The van der Waals surface area contributed by atoms with Crippen LogP contribution in [0.2, 0.25) is 0 Å². The first-order valence-electron chi connectivity index (χ1n) is 40.8. The van der Waals surface area contributed by atoms with Crippen molar-refractivity contribution >= 4 is 46.1 Å². The molecule has 2 saturated carbocycles. The molecule has 0 radical (unpaired) electrons. The molecular formula is C100H130N8O5. The van der Waals surface area contributed by atoms with Crippen LogP contribution in [0.15, 0.2) is 152 Å². The van der Waals surface area contributed by atoms with Gasteiger partial charge in [-0.1, -0.05) is 219 Å². The normalized spacial score (nSPS) is 14.8. The first-order valence-corrected chi connectivity index (χ1v) is 40.8. The third-order valence-electron chi connectivity index (χ3n) is 22.5. The molecule has 0 N–H and O–H groups in total. The highest BCUT2D eigenvalue weighted by Gasteiger charge is 2.51. The van der Waals surface area contributed by atoms with E-state index in [1.165, 1.54) is 78.9 Å². The van der Waals surface area contributed by atoms with Gasteiger partial charge in [0.15, 0.2) is 23.1 Å². The van der Waals surface area contributed by atoms with Crippen LogP contribution in [0.3, 0.4) is 0 Å². The van der Waals surface area contributed by atoms with Gasteiger partial charge in [-0.15, -0.1) is 0 Å². The standard InChI is InChI=1S/C28H34N2O.C25H34N2O.C24H32N2O2.C23H30N2O/c1-20(31)22-13-14-26(29-18-22)30(19-21-11-9-8-10-12-21)25-16-23(27(2,3)4)15-24(17-25)28(5,6)7;1-16(2)27(23-10-9-18(15-26-23)17(3)28)22-14-19(24(4,5)6)13-21-20(22)11-12-25(21,7)8;1-15(2)14-28-21-10-16(3)19(11-20(21)23(5,6)7)24(8-9-24)22-25-12-18(13-26-22)17(4)27;1-15(26)16-13-24-20(25-14-16)23(8-9-23)19-11-17(21(2,3)4)10-18(12-19)22(5,6)7/h8-18H,19H2,1-7H3;9-10,13-16H,11-12H2,1-8H3;10-13,15H,8-9,14H2,1-7H3;10-14H,8-9H2,1-7H3. The third-order valence-corrected chi connectivity index (χ3v) is 22.5. The highest BCUT2D eigenvalue weighted by molar-refractivity contribution is 5.95. The van der Waals surface area contributed by atoms with Gasteiger partial charge in [0.2, 0.25) is 0 Å². The molecule has 113 heavy (non-hydrogen) atoms. The van der Waals surface area contributed by atoms with Crippen LogP contribution in [0.1, 0.15) is 346 Å². The molecule has 0 saturated heterocycles. The number of aryl methyl sites for hydroxylation is 1. The van der Waals surface area contributed by atoms with E-state index in [-0.39, 0.29) is 77.9 Å². The first-order chi connectivity index (χ1) is 52.3. The van der Waals surface area contributed by atoms with Crippen LogP contribution in [0, 0.1) is 12.8 Å². The number of anilines is 4. The smallest absolute Gasteiger partial charge is 0.162 e. The second-order valence-corrected chi connectivity index (χ2v) is 39.7. The molecule has 0 aliphatic heterocycles. The summed E-state index contributed by atoms with van der Waals surface area (Å²) in [7, 11) is 0. The van der Waals surface area contributed by atoms with Gasteiger partial charge < -0.3 is 14.5 Å². The molecule has 3 aliphatic carbocycles. The van der Waals surface area contributed by atoms with Crippen LogP contribution in [-0.2, 0) is 61.7 Å². The molecule has 12 rings (SSSR count). The molecule has 0 unspecified atom stereocenters. The van der Waals surface area contributed by atoms with Gasteiger partial charge in [-0.05, 0) is 246 Å². The predicted molar refractivity (Wildman–Crippen MR) is 467 cm³/mol. The van der Waals surface area contributed by atoms with E-state index in [1.807, 2.05) is 30.3 Å². The zero-order chi connectivity index (χ0) is 83.7. The Labute approximate surface area is 677 Å². The maximum Gasteiger partial charge on any atom is 0.162 e. The molecule has 0 amide bonds. The molecule has 600 valence electrons. The molecule has 13 heteroatoms. The van der Waals surface area contributed by atoms with E-state index < -0.39 is 0 Å². The van der Waals surface area contributed by atoms with E-state index >= 15 is 0 Å². The van der Waals surface area contributed by atoms with Crippen molar-refractivity contribution in [1.82, 2.24) is 29.9 Å². The van der Waals surface area contributed by atoms with Crippen molar-refractivity contribution in [3.8, 4) is 5.75 Å². The minimum absolute atomic E-state index is 0.00532. The van der Waals surface area contributed by atoms with Crippen LogP contribution in [0.25, 0.3) is 0 Å². The molecule has 13 nitrogen and oxygen atoms in total. The van der Waals surface area contributed by atoms with Crippen LogP contribution in [-0.4, -0.2) is 65.7 Å². The minimum Gasteiger partial charge on any atom is -0.493 e. The number of carbonyl (C=O) groups excluding carboxylic acids is 4. The fourth-order valence-corrected chi connectivity index (χ4v) is 14.6. The van der Waals surface area contributed by atoms with Crippen molar-refractivity contribution in [3.05, 3.63) is 253 Å². The fraction of sp³-hybridized carbons (Fsp3) is 0.480. The lowest BCUT2D eigenvalue weighted by atomic mass is 9.77. The number of Topliss-reactive ketones (excluding diaryl/α,β-unsaturated/α-hetero) is 4. The van der Waals surface area contributed by atoms with E-state index in [2.05, 4.69) is 298 Å². The number of ether oxygens (including phenoxy) is 1. The highest BCUT2D eigenvalue weighted by atomic mass is 16.5. The lowest BCUT2D eigenvalue weighted by Gasteiger charge is -2.33. The van der Waals surface area contributed by atoms with Gasteiger partial charge >= 0.3 is 0 Å². The van der Waals surface area contributed by atoms with Crippen molar-refractivity contribution in [3.63, 3.8) is 0 Å². The maximum atomic E-state index is 11.7. The summed E-state index contributed by atoms with van der Waals surface area (Å²) in [5, 5.41) is 0. The van der Waals surface area contributed by atoms with E-state index in [1.54, 1.807) is 64.9 Å². The zero-order valence-corrected chi connectivity index (χ0v) is 73.9. The Bertz CT molecular complexity index is 4800. The monoisotopic (exact) mass is 1520 g/mol. The number of carbonyl (C=O) groups is 4. The summed E-state index contributed by atoms with van der Waals surface area (Å²) in [6.45, 7) is 63.8. The molecule has 4 aromatic heterocycles. The van der Waals surface area contributed by atoms with Gasteiger partial charge in [0.05, 0.1) is 28.6 Å². The van der Waals surface area contributed by atoms with Crippen molar-refractivity contribution in [2.24, 2.45) is 5.92 Å². The van der Waals surface area contributed by atoms with Gasteiger partial charge in [-0.3, -0.25) is 19.2 Å². The summed E-state index contributed by atoms with van der Waals surface area (Å²) in [5.41, 5.74) is 20.9. The minimum atomic E-state index is -0.143. The Kier molecular flexibility index (Phi) is 26.0. The zero-order valence-electron chi connectivity index (χ0n) is 73.9. The molecule has 3 aliphatic rings. The summed E-state index contributed by atoms with van der Waals surface area (Å²) in [6, 6.07) is 41.5. The van der Waals surface area contributed by atoms with E-state index in [0.29, 0.717) is 41.3 Å². The number of hydrogen-bond donors (Lipinski definition) is 0. The molecule has 0 bridgehead atoms. The number of pyridine rings is 2. The molecule has 5 aromatic carbocycles. The number of hydrogen-bond acceptors (Lipinski definition) is 13. The van der Waals surface area contributed by atoms with Gasteiger partial charge in [-0.25, -0.2) is 29.9 Å². The average molecular weight is 1520 g/mol. The lowest BCUT2D eigenvalue weighted by molar-refractivity contribution is 0.100. The second-order valence-electron chi connectivity index (χ2n) is 39.7. The Balaban J connectivity index is 0.000000173. The van der Waals surface area contributed by atoms with Crippen LogP contribution in [0.4, 0.5) is 23.0 Å². The van der Waals surface area contributed by atoms with Crippen LogP contribution in [0.5, 0.6) is 5.75 Å². The van der Waals surface area contributed by atoms with Crippen molar-refractivity contribution in [1.29, 1.82) is 0 Å². The summed E-state index contributed by atoms with van der Waals surface area (Å²) >= 11 is 0. The SMILES string of the molecule is CC(=O)c1ccc(N(Cc2ccccc2)c2cc(C(C)(C)C)cc(C(C)(C)C)c2)nc1.CC(=O)c1ccc(N(c2cc(C(C)(C)C)cc3c2CCC3(C)C)C(C)C)nc1.CC(=O)c1cnc(C2(c3cc(C(C)(C)C)c(OCC(C)C)cc3C)CC2)nc1.CC(=O)c1cnc(C2(c3cc(C(C)(C)C)cc(C(C)(C)C)c3)CC2)nc1. The Hall–Kier alpha value is -9.36. The third kappa shape index (κ3) is 21.2. The number of ketones is 4. The summed E-state index contributed by atoms with van der Waals surface area (Å²) in [5.74, 6) is 4.93. The van der Waals surface area contributed by atoms with Crippen molar-refractivity contribution < 1.29 is 23.9 Å². The number of benzene rings is 5. The number of nitrogens with zero attached hydrogens (tertiary/aromatic N) is 8. The number of rotatable bonds is 18.